The van der Waals surface area contributed by atoms with Crippen LogP contribution in [0.1, 0.15) is 45.1 Å². The summed E-state index contributed by atoms with van der Waals surface area (Å²) >= 11 is 7.18. The van der Waals surface area contributed by atoms with E-state index in [0.29, 0.717) is 0 Å². The first kappa shape index (κ1) is 23.7. The van der Waals surface area contributed by atoms with Gasteiger partial charge in [-0.15, -0.1) is 0 Å². The van der Waals surface area contributed by atoms with Crippen LogP contribution in [0.15, 0.2) is 51.1 Å². The molecule has 32 heavy (non-hydrogen) atoms. The van der Waals surface area contributed by atoms with E-state index in [1.807, 2.05) is 18.2 Å². The van der Waals surface area contributed by atoms with Crippen molar-refractivity contribution in [1.29, 1.82) is 0 Å². The fourth-order valence-electron chi connectivity index (χ4n) is 5.84. The SMILES string of the molecule is CN(C)C(=O)[C@@H]1N[C@H](CC(C)(C)C)[C@]2(C(=O)NC3=CC(Br)=CCC32)[C@H]1c1cccc(Br)c1. The fourth-order valence-corrected chi connectivity index (χ4v) is 6.69. The lowest BCUT2D eigenvalue weighted by Gasteiger charge is -2.41. The Balaban J connectivity index is 1.95. The van der Waals surface area contributed by atoms with Crippen molar-refractivity contribution >= 4 is 43.7 Å². The Bertz CT molecular complexity index is 1010. The molecule has 2 saturated heterocycles. The smallest absolute Gasteiger partial charge is 0.239 e. The van der Waals surface area contributed by atoms with Crippen LogP contribution in [0, 0.1) is 16.7 Å². The number of fused-ring (bicyclic) bond motifs is 2. The number of hydrogen-bond acceptors (Lipinski definition) is 3. The van der Waals surface area contributed by atoms with Crippen LogP contribution in [0.3, 0.4) is 0 Å². The molecule has 2 heterocycles. The van der Waals surface area contributed by atoms with Crippen LogP contribution in [-0.2, 0) is 9.59 Å². The summed E-state index contributed by atoms with van der Waals surface area (Å²) in [7, 11) is 3.57. The third-order valence-electron chi connectivity index (χ3n) is 6.98. The van der Waals surface area contributed by atoms with Gasteiger partial charge in [-0.25, -0.2) is 0 Å². The van der Waals surface area contributed by atoms with Crippen molar-refractivity contribution < 1.29 is 9.59 Å². The Morgan fingerprint density at radius 3 is 2.59 bits per heavy atom. The number of allylic oxidation sites excluding steroid dienone is 4. The van der Waals surface area contributed by atoms with Crippen LogP contribution in [-0.4, -0.2) is 42.9 Å². The monoisotopic (exact) mass is 563 g/mol. The number of amides is 2. The Labute approximate surface area is 207 Å². The van der Waals surface area contributed by atoms with Crippen molar-refractivity contribution in [3.8, 4) is 0 Å². The Morgan fingerprint density at radius 1 is 1.25 bits per heavy atom. The molecular formula is C25H31Br2N3O2. The topological polar surface area (TPSA) is 61.4 Å². The molecule has 3 aliphatic rings. The Kier molecular flexibility index (Phi) is 6.23. The maximum Gasteiger partial charge on any atom is 0.239 e. The van der Waals surface area contributed by atoms with E-state index in [1.165, 1.54) is 0 Å². The van der Waals surface area contributed by atoms with Gasteiger partial charge in [0.15, 0.2) is 0 Å². The molecule has 1 unspecified atom stereocenters. The van der Waals surface area contributed by atoms with Gasteiger partial charge < -0.3 is 15.5 Å². The number of nitrogens with one attached hydrogen (secondary N) is 2. The average molecular weight is 565 g/mol. The molecular weight excluding hydrogens is 534 g/mol. The van der Waals surface area contributed by atoms with E-state index in [2.05, 4.69) is 81.5 Å². The van der Waals surface area contributed by atoms with Crippen molar-refractivity contribution in [2.24, 2.45) is 16.7 Å². The largest absolute Gasteiger partial charge is 0.347 e. The number of halogens is 2. The maximum atomic E-state index is 14.0. The quantitative estimate of drug-likeness (QED) is 0.559. The first-order valence-corrected chi connectivity index (χ1v) is 12.6. The zero-order chi connectivity index (χ0) is 23.4. The third kappa shape index (κ3) is 3.90. The first-order chi connectivity index (χ1) is 14.9. The lowest BCUT2D eigenvalue weighted by Crippen LogP contribution is -2.49. The standard InChI is InChI=1S/C25H31Br2N3O2/c1-24(2,3)13-19-25(17-10-9-16(27)12-18(17)28-23(25)32)20(14-7-6-8-15(26)11-14)21(29-19)22(31)30(4)5/h6-9,11-12,17,19-21,29H,10,13H2,1-5H3,(H,28,32)/t17?,19-,20+,21-,25+/m1/s1. The fraction of sp³-hybridized carbons (Fsp3) is 0.520. The Hall–Kier alpha value is -1.44. The highest BCUT2D eigenvalue weighted by atomic mass is 79.9. The van der Waals surface area contributed by atoms with E-state index in [4.69, 9.17) is 0 Å². The van der Waals surface area contributed by atoms with E-state index in [-0.39, 0.29) is 35.1 Å². The molecule has 1 aliphatic carbocycles. The van der Waals surface area contributed by atoms with Gasteiger partial charge in [-0.2, -0.15) is 0 Å². The van der Waals surface area contributed by atoms with Gasteiger partial charge in [0, 0.05) is 46.6 Å². The summed E-state index contributed by atoms with van der Waals surface area (Å²) in [6, 6.07) is 7.47. The van der Waals surface area contributed by atoms with Crippen LogP contribution in [0.5, 0.6) is 0 Å². The number of nitrogens with zero attached hydrogens (tertiary/aromatic N) is 1. The second-order valence-electron chi connectivity index (χ2n) is 10.6. The highest BCUT2D eigenvalue weighted by Gasteiger charge is 2.68. The van der Waals surface area contributed by atoms with Gasteiger partial charge in [-0.1, -0.05) is 70.8 Å². The highest BCUT2D eigenvalue weighted by molar-refractivity contribution is 9.12. The third-order valence-corrected chi connectivity index (χ3v) is 8.03. The van der Waals surface area contributed by atoms with Gasteiger partial charge in [0.25, 0.3) is 0 Å². The summed E-state index contributed by atoms with van der Waals surface area (Å²) < 4.78 is 1.93. The summed E-state index contributed by atoms with van der Waals surface area (Å²) in [6.07, 6.45) is 5.70. The Morgan fingerprint density at radius 2 is 1.97 bits per heavy atom. The van der Waals surface area contributed by atoms with E-state index >= 15 is 0 Å². The van der Waals surface area contributed by atoms with Gasteiger partial charge in [0.1, 0.15) is 0 Å². The van der Waals surface area contributed by atoms with E-state index < -0.39 is 11.5 Å². The van der Waals surface area contributed by atoms with Crippen LogP contribution in [0.4, 0.5) is 0 Å². The molecule has 0 saturated carbocycles. The number of carbonyl (C=O) groups is 2. The predicted octanol–water partition coefficient (Wildman–Crippen LogP) is 4.70. The van der Waals surface area contributed by atoms with Crippen molar-refractivity contribution in [2.75, 3.05) is 14.1 Å². The second-order valence-corrected chi connectivity index (χ2v) is 12.4. The normalized spacial score (nSPS) is 31.8. The summed E-state index contributed by atoms with van der Waals surface area (Å²) in [6.45, 7) is 6.58. The average Bonchev–Trinajstić information content (AvgIpc) is 3.15. The summed E-state index contributed by atoms with van der Waals surface area (Å²) in [5.41, 5.74) is 1.18. The van der Waals surface area contributed by atoms with Crippen molar-refractivity contribution in [3.63, 3.8) is 0 Å². The van der Waals surface area contributed by atoms with Crippen LogP contribution in [0.25, 0.3) is 0 Å². The maximum absolute atomic E-state index is 14.0. The number of likely N-dealkylation sites (N-methyl/N-ethyl adjacent to an activating group) is 1. The molecule has 1 aromatic carbocycles. The summed E-state index contributed by atoms with van der Waals surface area (Å²) in [4.78, 5) is 29.1. The predicted molar refractivity (Wildman–Crippen MR) is 134 cm³/mol. The molecule has 1 spiro atoms. The van der Waals surface area contributed by atoms with Gasteiger partial charge in [-0.3, -0.25) is 9.59 Å². The highest BCUT2D eigenvalue weighted by Crippen LogP contribution is 2.60. The molecule has 7 heteroatoms. The summed E-state index contributed by atoms with van der Waals surface area (Å²) in [5.74, 6) is -0.280. The van der Waals surface area contributed by atoms with Gasteiger partial charge in [-0.05, 0) is 42.0 Å². The molecule has 0 bridgehead atoms. The summed E-state index contributed by atoms with van der Waals surface area (Å²) in [5, 5.41) is 6.89. The zero-order valence-corrected chi connectivity index (χ0v) is 22.4. The lowest BCUT2D eigenvalue weighted by molar-refractivity contribution is -0.132. The van der Waals surface area contributed by atoms with Crippen molar-refractivity contribution in [2.45, 2.75) is 51.6 Å². The minimum absolute atomic E-state index is 0.00326. The minimum Gasteiger partial charge on any atom is -0.347 e. The van der Waals surface area contributed by atoms with Crippen molar-refractivity contribution in [3.05, 3.63) is 56.6 Å². The molecule has 5 atom stereocenters. The second kappa shape index (κ2) is 8.41. The molecule has 172 valence electrons. The van der Waals surface area contributed by atoms with Crippen LogP contribution < -0.4 is 10.6 Å². The number of benzene rings is 1. The molecule has 2 amide bonds. The van der Waals surface area contributed by atoms with E-state index in [0.717, 1.165) is 33.1 Å². The zero-order valence-electron chi connectivity index (χ0n) is 19.2. The number of hydrogen-bond donors (Lipinski definition) is 2. The number of carbonyl (C=O) groups excluding carboxylic acids is 2. The molecule has 2 fully saturated rings. The molecule has 1 aromatic rings. The van der Waals surface area contributed by atoms with E-state index in [1.54, 1.807) is 19.0 Å². The van der Waals surface area contributed by atoms with Gasteiger partial charge in [0.05, 0.1) is 11.5 Å². The van der Waals surface area contributed by atoms with E-state index in [9.17, 15) is 9.59 Å². The molecule has 4 rings (SSSR count). The van der Waals surface area contributed by atoms with Gasteiger partial charge in [0.2, 0.25) is 11.8 Å². The minimum atomic E-state index is -0.763. The van der Waals surface area contributed by atoms with Crippen LogP contribution >= 0.6 is 31.9 Å². The molecule has 0 aromatic heterocycles. The van der Waals surface area contributed by atoms with Crippen molar-refractivity contribution in [1.82, 2.24) is 15.5 Å². The molecule has 0 radical (unpaired) electrons. The number of rotatable bonds is 3. The molecule has 2 aliphatic heterocycles. The molecule has 5 nitrogen and oxygen atoms in total. The first-order valence-electron chi connectivity index (χ1n) is 11.1. The van der Waals surface area contributed by atoms with Gasteiger partial charge >= 0.3 is 0 Å². The molecule has 2 N–H and O–H groups in total. The van der Waals surface area contributed by atoms with Crippen LogP contribution in [0.2, 0.25) is 0 Å². The lowest BCUT2D eigenvalue weighted by atomic mass is 9.58.